The predicted molar refractivity (Wildman–Crippen MR) is 94.5 cm³/mol. The molecule has 1 aromatic rings. The Balaban J connectivity index is 2.39. The standard InChI is InChI=1S/C17H33N5O2/c1-7-15(23)19-12-17(4,5)24-9-8-16(2,3)13-22-11-14(10-18-6)20-21-22/h11,18H,7-10,12-13H2,1-6H3,(H,19,23). The van der Waals surface area contributed by atoms with E-state index in [1.807, 2.05) is 38.7 Å². The second-order valence-corrected chi connectivity index (χ2v) is 7.59. The van der Waals surface area contributed by atoms with Crippen molar-refractivity contribution >= 4 is 5.91 Å². The van der Waals surface area contributed by atoms with Crippen molar-refractivity contribution in [2.75, 3.05) is 20.2 Å². The zero-order chi connectivity index (χ0) is 18.2. The van der Waals surface area contributed by atoms with Crippen LogP contribution in [0.2, 0.25) is 0 Å². The largest absolute Gasteiger partial charge is 0.374 e. The molecule has 0 saturated heterocycles. The van der Waals surface area contributed by atoms with Gasteiger partial charge in [0, 0.05) is 38.9 Å². The quantitative estimate of drug-likeness (QED) is 0.642. The summed E-state index contributed by atoms with van der Waals surface area (Å²) in [7, 11) is 1.89. The average Bonchev–Trinajstić information content (AvgIpc) is 2.91. The molecule has 1 amide bonds. The van der Waals surface area contributed by atoms with Crippen LogP contribution in [-0.2, 0) is 22.6 Å². The first-order chi connectivity index (χ1) is 11.2. The Morgan fingerprint density at radius 2 is 2.04 bits per heavy atom. The number of aromatic nitrogens is 3. The van der Waals surface area contributed by atoms with Gasteiger partial charge in [-0.05, 0) is 32.7 Å². The van der Waals surface area contributed by atoms with Crippen molar-refractivity contribution in [1.82, 2.24) is 25.6 Å². The fraction of sp³-hybridized carbons (Fsp3) is 0.824. The van der Waals surface area contributed by atoms with Crippen molar-refractivity contribution in [3.8, 4) is 0 Å². The maximum absolute atomic E-state index is 11.4. The fourth-order valence-electron chi connectivity index (χ4n) is 2.29. The van der Waals surface area contributed by atoms with Crippen LogP contribution < -0.4 is 10.6 Å². The third-order valence-electron chi connectivity index (χ3n) is 3.84. The topological polar surface area (TPSA) is 81.1 Å². The highest BCUT2D eigenvalue weighted by molar-refractivity contribution is 5.75. The molecule has 0 aromatic carbocycles. The molecule has 0 fully saturated rings. The van der Waals surface area contributed by atoms with Crippen LogP contribution >= 0.6 is 0 Å². The molecule has 138 valence electrons. The van der Waals surface area contributed by atoms with E-state index in [4.69, 9.17) is 4.74 Å². The Hall–Kier alpha value is -1.47. The SMILES string of the molecule is CCC(=O)NCC(C)(C)OCCC(C)(C)Cn1cc(CNC)nn1. The molecule has 0 atom stereocenters. The molecule has 0 unspecified atom stereocenters. The lowest BCUT2D eigenvalue weighted by Gasteiger charge is -2.29. The minimum atomic E-state index is -0.367. The predicted octanol–water partition coefficient (Wildman–Crippen LogP) is 1.74. The summed E-state index contributed by atoms with van der Waals surface area (Å²) in [5.74, 6) is 0.0514. The van der Waals surface area contributed by atoms with Gasteiger partial charge in [0.1, 0.15) is 0 Å². The molecule has 7 heteroatoms. The Kier molecular flexibility index (Phi) is 7.83. The van der Waals surface area contributed by atoms with Crippen LogP contribution in [0.15, 0.2) is 6.20 Å². The number of carbonyl (C=O) groups is 1. The highest BCUT2D eigenvalue weighted by Crippen LogP contribution is 2.24. The van der Waals surface area contributed by atoms with E-state index in [9.17, 15) is 4.79 Å². The Morgan fingerprint density at radius 3 is 2.67 bits per heavy atom. The van der Waals surface area contributed by atoms with E-state index >= 15 is 0 Å². The minimum Gasteiger partial charge on any atom is -0.374 e. The number of ether oxygens (including phenoxy) is 1. The molecule has 0 aliphatic carbocycles. The second-order valence-electron chi connectivity index (χ2n) is 7.59. The summed E-state index contributed by atoms with van der Waals surface area (Å²) >= 11 is 0. The van der Waals surface area contributed by atoms with Crippen LogP contribution in [0.4, 0.5) is 0 Å². The molecule has 0 saturated carbocycles. The van der Waals surface area contributed by atoms with Crippen molar-refractivity contribution in [2.45, 2.75) is 66.2 Å². The van der Waals surface area contributed by atoms with Gasteiger partial charge in [0.05, 0.1) is 11.3 Å². The zero-order valence-electron chi connectivity index (χ0n) is 16.0. The van der Waals surface area contributed by atoms with Crippen molar-refractivity contribution in [3.63, 3.8) is 0 Å². The van der Waals surface area contributed by atoms with Gasteiger partial charge >= 0.3 is 0 Å². The van der Waals surface area contributed by atoms with Crippen LogP contribution in [0.25, 0.3) is 0 Å². The summed E-state index contributed by atoms with van der Waals surface area (Å²) in [6.07, 6.45) is 3.37. The van der Waals surface area contributed by atoms with Gasteiger partial charge in [0.25, 0.3) is 0 Å². The highest BCUT2D eigenvalue weighted by atomic mass is 16.5. The van der Waals surface area contributed by atoms with E-state index in [0.717, 1.165) is 25.2 Å². The summed E-state index contributed by atoms with van der Waals surface area (Å²) in [4.78, 5) is 11.4. The van der Waals surface area contributed by atoms with Gasteiger partial charge in [0.15, 0.2) is 0 Å². The van der Waals surface area contributed by atoms with Crippen LogP contribution in [-0.4, -0.2) is 46.7 Å². The van der Waals surface area contributed by atoms with Crippen LogP contribution in [0.1, 0.15) is 53.2 Å². The van der Waals surface area contributed by atoms with E-state index in [0.29, 0.717) is 19.6 Å². The van der Waals surface area contributed by atoms with Gasteiger partial charge in [0.2, 0.25) is 5.91 Å². The highest BCUT2D eigenvalue weighted by Gasteiger charge is 2.23. The Morgan fingerprint density at radius 1 is 1.33 bits per heavy atom. The molecule has 1 heterocycles. The van der Waals surface area contributed by atoms with E-state index in [2.05, 4.69) is 34.8 Å². The first-order valence-electron chi connectivity index (χ1n) is 8.62. The normalized spacial score (nSPS) is 12.4. The van der Waals surface area contributed by atoms with Crippen molar-refractivity contribution in [3.05, 3.63) is 11.9 Å². The molecule has 0 aliphatic heterocycles. The molecule has 7 nitrogen and oxygen atoms in total. The number of nitrogens with zero attached hydrogens (tertiary/aromatic N) is 3. The maximum atomic E-state index is 11.4. The van der Waals surface area contributed by atoms with E-state index in [1.165, 1.54) is 0 Å². The minimum absolute atomic E-state index is 0.0490. The van der Waals surface area contributed by atoms with E-state index in [-0.39, 0.29) is 16.9 Å². The lowest BCUT2D eigenvalue weighted by atomic mass is 9.89. The lowest BCUT2D eigenvalue weighted by Crippen LogP contribution is -2.41. The van der Waals surface area contributed by atoms with Crippen LogP contribution in [0.5, 0.6) is 0 Å². The summed E-state index contributed by atoms with van der Waals surface area (Å²) in [5, 5.41) is 14.3. The summed E-state index contributed by atoms with van der Waals surface area (Å²) in [6.45, 7) is 12.9. The Bertz CT molecular complexity index is 511. The molecular weight excluding hydrogens is 306 g/mol. The number of hydrogen-bond donors (Lipinski definition) is 2. The molecule has 1 rings (SSSR count). The fourth-order valence-corrected chi connectivity index (χ4v) is 2.29. The van der Waals surface area contributed by atoms with Gasteiger partial charge in [-0.1, -0.05) is 26.0 Å². The molecule has 24 heavy (non-hydrogen) atoms. The van der Waals surface area contributed by atoms with Crippen LogP contribution in [0, 0.1) is 5.41 Å². The van der Waals surface area contributed by atoms with Gasteiger partial charge in [-0.2, -0.15) is 0 Å². The molecular formula is C17H33N5O2. The summed E-state index contributed by atoms with van der Waals surface area (Å²) in [5.41, 5.74) is 0.624. The third-order valence-corrected chi connectivity index (χ3v) is 3.84. The number of nitrogens with one attached hydrogen (secondary N) is 2. The number of hydrogen-bond acceptors (Lipinski definition) is 5. The van der Waals surface area contributed by atoms with Crippen molar-refractivity contribution in [2.24, 2.45) is 5.41 Å². The van der Waals surface area contributed by atoms with Gasteiger partial charge < -0.3 is 15.4 Å². The maximum Gasteiger partial charge on any atom is 0.219 e. The molecule has 1 aromatic heterocycles. The second kappa shape index (κ2) is 9.13. The molecule has 0 radical (unpaired) electrons. The van der Waals surface area contributed by atoms with E-state index in [1.54, 1.807) is 0 Å². The molecule has 2 N–H and O–H groups in total. The third kappa shape index (κ3) is 7.88. The van der Waals surface area contributed by atoms with Gasteiger partial charge in [-0.25, -0.2) is 0 Å². The molecule has 0 bridgehead atoms. The lowest BCUT2D eigenvalue weighted by molar-refractivity contribution is -0.122. The first kappa shape index (κ1) is 20.6. The number of rotatable bonds is 11. The summed E-state index contributed by atoms with van der Waals surface area (Å²) < 4.78 is 7.86. The smallest absolute Gasteiger partial charge is 0.219 e. The van der Waals surface area contributed by atoms with Gasteiger partial charge in [-0.15, -0.1) is 5.10 Å². The molecule has 0 spiro atoms. The van der Waals surface area contributed by atoms with Crippen molar-refractivity contribution in [1.29, 1.82) is 0 Å². The monoisotopic (exact) mass is 339 g/mol. The van der Waals surface area contributed by atoms with Crippen molar-refractivity contribution < 1.29 is 9.53 Å². The van der Waals surface area contributed by atoms with Crippen LogP contribution in [0.3, 0.4) is 0 Å². The number of amides is 1. The molecule has 0 aliphatic rings. The first-order valence-corrected chi connectivity index (χ1v) is 8.62. The van der Waals surface area contributed by atoms with E-state index < -0.39 is 0 Å². The zero-order valence-corrected chi connectivity index (χ0v) is 16.0. The number of carbonyl (C=O) groups excluding carboxylic acids is 1. The van der Waals surface area contributed by atoms with Gasteiger partial charge in [-0.3, -0.25) is 9.48 Å². The average molecular weight is 339 g/mol. The Labute approximate surface area is 145 Å². The summed E-state index contributed by atoms with van der Waals surface area (Å²) in [6, 6.07) is 0.